The van der Waals surface area contributed by atoms with Crippen molar-refractivity contribution in [3.05, 3.63) is 23.9 Å². The first-order chi connectivity index (χ1) is 10.7. The summed E-state index contributed by atoms with van der Waals surface area (Å²) in [5.41, 5.74) is 0.541. The fraction of sp³-hybridized carbons (Fsp3) is 0.500. The van der Waals surface area contributed by atoms with Crippen molar-refractivity contribution in [2.45, 2.75) is 18.9 Å². The van der Waals surface area contributed by atoms with Crippen LogP contribution in [0.1, 0.15) is 23.3 Å². The number of piperidine rings is 3. The van der Waals surface area contributed by atoms with Gasteiger partial charge in [0.2, 0.25) is 0 Å². The summed E-state index contributed by atoms with van der Waals surface area (Å²) in [6.45, 7) is 3.33. The third-order valence-corrected chi connectivity index (χ3v) is 5.68. The highest BCUT2D eigenvalue weighted by atomic mass is 35.5. The van der Waals surface area contributed by atoms with Crippen molar-refractivity contribution in [2.24, 2.45) is 5.92 Å². The van der Waals surface area contributed by atoms with Crippen LogP contribution < -0.4 is 10.1 Å². The van der Waals surface area contributed by atoms with E-state index in [4.69, 9.17) is 4.74 Å². The van der Waals surface area contributed by atoms with E-state index in [1.54, 1.807) is 7.11 Å². The number of benzene rings is 1. The fourth-order valence-electron chi connectivity index (χ4n) is 3.57. The van der Waals surface area contributed by atoms with Crippen molar-refractivity contribution >= 4 is 39.9 Å². The second-order valence-corrected chi connectivity index (χ2v) is 6.92. The first-order valence-electron chi connectivity index (χ1n) is 7.71. The average Bonchev–Trinajstić information content (AvgIpc) is 2.99. The minimum atomic E-state index is -0.0461. The SMILES string of the molecule is COc1ccc2c(C(=O)N[C@H]3CN4CCC3CC4)nsc2c1.Cl. The molecular weight excluding hydrogens is 334 g/mol. The van der Waals surface area contributed by atoms with Crippen LogP contribution in [0.4, 0.5) is 0 Å². The van der Waals surface area contributed by atoms with Crippen LogP contribution in [0, 0.1) is 5.92 Å². The fourth-order valence-corrected chi connectivity index (χ4v) is 4.38. The molecule has 1 N–H and O–H groups in total. The van der Waals surface area contributed by atoms with Crippen LogP contribution in [0.15, 0.2) is 18.2 Å². The zero-order chi connectivity index (χ0) is 15.1. The molecule has 0 spiro atoms. The third kappa shape index (κ3) is 3.03. The van der Waals surface area contributed by atoms with Gasteiger partial charge in [-0.25, -0.2) is 0 Å². The topological polar surface area (TPSA) is 54.5 Å². The number of hydrogen-bond acceptors (Lipinski definition) is 5. The molecule has 1 amide bonds. The number of methoxy groups -OCH3 is 1. The van der Waals surface area contributed by atoms with Gasteiger partial charge in [-0.1, -0.05) is 0 Å². The van der Waals surface area contributed by atoms with E-state index >= 15 is 0 Å². The van der Waals surface area contributed by atoms with Crippen molar-refractivity contribution in [3.8, 4) is 5.75 Å². The minimum absolute atomic E-state index is 0. The molecule has 2 aromatic rings. The Balaban J connectivity index is 0.00000156. The molecule has 0 radical (unpaired) electrons. The van der Waals surface area contributed by atoms with Gasteiger partial charge in [-0.3, -0.25) is 4.79 Å². The number of nitrogens with zero attached hydrogens (tertiary/aromatic N) is 2. The van der Waals surface area contributed by atoms with Gasteiger partial charge < -0.3 is 15.0 Å². The van der Waals surface area contributed by atoms with Crippen molar-refractivity contribution in [2.75, 3.05) is 26.7 Å². The highest BCUT2D eigenvalue weighted by Gasteiger charge is 2.35. The van der Waals surface area contributed by atoms with E-state index in [1.807, 2.05) is 18.2 Å². The van der Waals surface area contributed by atoms with Gasteiger partial charge in [0.15, 0.2) is 0 Å². The molecule has 23 heavy (non-hydrogen) atoms. The molecule has 1 aromatic carbocycles. The third-order valence-electron chi connectivity index (χ3n) is 4.87. The van der Waals surface area contributed by atoms with E-state index in [0.29, 0.717) is 11.6 Å². The molecule has 1 atom stereocenters. The number of carbonyl (C=O) groups is 1. The van der Waals surface area contributed by atoms with E-state index in [-0.39, 0.29) is 24.4 Å². The van der Waals surface area contributed by atoms with Gasteiger partial charge >= 0.3 is 0 Å². The molecule has 1 aromatic heterocycles. The monoisotopic (exact) mass is 353 g/mol. The van der Waals surface area contributed by atoms with E-state index in [0.717, 1.165) is 22.4 Å². The highest BCUT2D eigenvalue weighted by Crippen LogP contribution is 2.29. The summed E-state index contributed by atoms with van der Waals surface area (Å²) >= 11 is 1.35. The minimum Gasteiger partial charge on any atom is -0.497 e. The maximum atomic E-state index is 12.6. The van der Waals surface area contributed by atoms with Crippen molar-refractivity contribution < 1.29 is 9.53 Å². The molecule has 5 rings (SSSR count). The summed E-state index contributed by atoms with van der Waals surface area (Å²) in [6.07, 6.45) is 2.39. The van der Waals surface area contributed by atoms with Crippen molar-refractivity contribution in [3.63, 3.8) is 0 Å². The molecule has 7 heteroatoms. The van der Waals surface area contributed by atoms with E-state index in [1.165, 1.54) is 37.5 Å². The number of nitrogens with one attached hydrogen (secondary N) is 1. The summed E-state index contributed by atoms with van der Waals surface area (Å²) in [5, 5.41) is 4.11. The molecule has 4 heterocycles. The molecule has 3 aliphatic heterocycles. The van der Waals surface area contributed by atoms with Gasteiger partial charge in [-0.05, 0) is 61.6 Å². The summed E-state index contributed by atoms with van der Waals surface area (Å²) in [5.74, 6) is 1.37. The molecular formula is C16H20ClN3O2S. The number of aromatic nitrogens is 1. The van der Waals surface area contributed by atoms with Gasteiger partial charge in [-0.2, -0.15) is 4.37 Å². The Hall–Kier alpha value is -1.37. The van der Waals surface area contributed by atoms with Crippen molar-refractivity contribution in [1.29, 1.82) is 0 Å². The zero-order valence-electron chi connectivity index (χ0n) is 12.9. The average molecular weight is 354 g/mol. The van der Waals surface area contributed by atoms with Gasteiger partial charge in [0.05, 0.1) is 11.8 Å². The lowest BCUT2D eigenvalue weighted by Gasteiger charge is -2.44. The molecule has 2 bridgehead atoms. The molecule has 3 aliphatic rings. The lowest BCUT2D eigenvalue weighted by molar-refractivity contribution is 0.0619. The predicted molar refractivity (Wildman–Crippen MR) is 93.8 cm³/mol. The van der Waals surface area contributed by atoms with E-state index in [2.05, 4.69) is 14.6 Å². The first-order valence-corrected chi connectivity index (χ1v) is 8.48. The number of fused-ring (bicyclic) bond motifs is 4. The molecule has 0 aliphatic carbocycles. The van der Waals surface area contributed by atoms with Crippen LogP contribution in [0.5, 0.6) is 5.75 Å². The first kappa shape index (κ1) is 16.5. The largest absolute Gasteiger partial charge is 0.497 e. The van der Waals surface area contributed by atoms with Gasteiger partial charge in [0.1, 0.15) is 11.4 Å². The van der Waals surface area contributed by atoms with Crippen LogP contribution in [0.3, 0.4) is 0 Å². The second kappa shape index (κ2) is 6.63. The summed E-state index contributed by atoms with van der Waals surface area (Å²) in [7, 11) is 1.64. The summed E-state index contributed by atoms with van der Waals surface area (Å²) in [6, 6.07) is 5.99. The van der Waals surface area contributed by atoms with Crippen molar-refractivity contribution in [1.82, 2.24) is 14.6 Å². The summed E-state index contributed by atoms with van der Waals surface area (Å²) < 4.78 is 10.6. The maximum absolute atomic E-state index is 12.6. The molecule has 5 nitrogen and oxygen atoms in total. The summed E-state index contributed by atoms with van der Waals surface area (Å²) in [4.78, 5) is 15.0. The number of amides is 1. The number of rotatable bonds is 3. The van der Waals surface area contributed by atoms with Crippen LogP contribution in [0.2, 0.25) is 0 Å². The Morgan fingerprint density at radius 1 is 1.39 bits per heavy atom. The van der Waals surface area contributed by atoms with Gasteiger partial charge in [0, 0.05) is 18.0 Å². The molecule has 0 saturated carbocycles. The lowest BCUT2D eigenvalue weighted by atomic mass is 9.84. The normalized spacial score (nSPS) is 25.9. The second-order valence-electron chi connectivity index (χ2n) is 6.11. The van der Waals surface area contributed by atoms with Gasteiger partial charge in [-0.15, -0.1) is 12.4 Å². The van der Waals surface area contributed by atoms with Crippen LogP contribution in [-0.2, 0) is 0 Å². The molecule has 0 unspecified atom stereocenters. The predicted octanol–water partition coefficient (Wildman–Crippen LogP) is 2.55. The number of hydrogen-bond donors (Lipinski definition) is 1. The van der Waals surface area contributed by atoms with Crippen LogP contribution in [-0.4, -0.2) is 48.0 Å². The Kier molecular flexibility index (Phi) is 4.75. The van der Waals surface area contributed by atoms with Crippen LogP contribution in [0.25, 0.3) is 10.1 Å². The van der Waals surface area contributed by atoms with E-state index < -0.39 is 0 Å². The molecule has 3 fully saturated rings. The standard InChI is InChI=1S/C16H19N3O2S.ClH/c1-21-11-2-3-12-14(8-11)22-18-15(12)16(20)17-13-9-19-6-4-10(13)5-7-19;/h2-3,8,10,13H,4-7,9H2,1H3,(H,17,20);1H/t13-;/m0./s1. The Morgan fingerprint density at radius 2 is 2.17 bits per heavy atom. The number of carbonyl (C=O) groups excluding carboxylic acids is 1. The molecule has 124 valence electrons. The Bertz CT molecular complexity index is 712. The molecule has 3 saturated heterocycles. The number of ether oxygens (including phenoxy) is 1. The Labute approximate surface area is 145 Å². The maximum Gasteiger partial charge on any atom is 0.271 e. The van der Waals surface area contributed by atoms with Gasteiger partial charge in [0.25, 0.3) is 5.91 Å². The zero-order valence-corrected chi connectivity index (χ0v) is 14.6. The van der Waals surface area contributed by atoms with E-state index in [9.17, 15) is 4.79 Å². The van der Waals surface area contributed by atoms with Crippen LogP contribution >= 0.6 is 23.9 Å². The number of halogens is 1. The smallest absolute Gasteiger partial charge is 0.271 e. The quantitative estimate of drug-likeness (QED) is 0.921. The lowest BCUT2D eigenvalue weighted by Crippen LogP contribution is -2.57. The highest BCUT2D eigenvalue weighted by molar-refractivity contribution is 7.13. The Morgan fingerprint density at radius 3 is 2.83 bits per heavy atom.